The van der Waals surface area contributed by atoms with Crippen LogP contribution in [0.1, 0.15) is 27.9 Å². The lowest BCUT2D eigenvalue weighted by Crippen LogP contribution is -2.50. The topological polar surface area (TPSA) is 137 Å². The van der Waals surface area contributed by atoms with Gasteiger partial charge in [-0.05, 0) is 82.8 Å². The summed E-state index contributed by atoms with van der Waals surface area (Å²) in [4.78, 5) is 51.9. The van der Waals surface area contributed by atoms with Gasteiger partial charge in [0.05, 0.1) is 12.2 Å². The number of benzene rings is 3. The maximum absolute atomic E-state index is 13.9. The smallest absolute Gasteiger partial charge is 0.412 e. The van der Waals surface area contributed by atoms with Gasteiger partial charge in [-0.2, -0.15) is 0 Å². The van der Waals surface area contributed by atoms with Gasteiger partial charge in [-0.25, -0.2) is 9.59 Å². The third-order valence-corrected chi connectivity index (χ3v) is 7.85. The van der Waals surface area contributed by atoms with E-state index in [4.69, 9.17) is 21.4 Å². The lowest BCUT2D eigenvalue weighted by atomic mass is 9.90. The molecule has 40 heavy (non-hydrogen) atoms. The molecule has 0 bridgehead atoms. The van der Waals surface area contributed by atoms with Gasteiger partial charge in [0.25, 0.3) is 5.91 Å². The Hall–Kier alpha value is -3.84. The van der Waals surface area contributed by atoms with E-state index in [0.717, 1.165) is 9.13 Å². The zero-order chi connectivity index (χ0) is 28.4. The van der Waals surface area contributed by atoms with Crippen molar-refractivity contribution in [2.24, 2.45) is 0 Å². The molecule has 0 aliphatic carbocycles. The molecule has 0 radical (unpaired) electrons. The first-order chi connectivity index (χ1) is 19.1. The van der Waals surface area contributed by atoms with Gasteiger partial charge in [0.2, 0.25) is 5.91 Å². The van der Waals surface area contributed by atoms with E-state index in [1.54, 1.807) is 23.1 Å². The third kappa shape index (κ3) is 5.99. The van der Waals surface area contributed by atoms with E-state index in [1.807, 2.05) is 24.3 Å². The molecule has 1 saturated heterocycles. The van der Waals surface area contributed by atoms with Crippen LogP contribution in [0.2, 0.25) is 5.02 Å². The van der Waals surface area contributed by atoms with E-state index in [1.165, 1.54) is 24.3 Å². The molecule has 1 fully saturated rings. The lowest BCUT2D eigenvalue weighted by Gasteiger charge is -2.35. The first-order valence-electron chi connectivity index (χ1n) is 12.4. The number of halogens is 2. The molecule has 2 atom stereocenters. The van der Waals surface area contributed by atoms with Crippen molar-refractivity contribution in [3.05, 3.63) is 92.0 Å². The van der Waals surface area contributed by atoms with Crippen LogP contribution in [-0.4, -0.2) is 53.1 Å². The van der Waals surface area contributed by atoms with Crippen LogP contribution in [0.5, 0.6) is 0 Å². The Balaban J connectivity index is 1.38. The van der Waals surface area contributed by atoms with Gasteiger partial charge < -0.3 is 20.1 Å². The molecule has 10 nitrogen and oxygen atoms in total. The highest BCUT2D eigenvalue weighted by molar-refractivity contribution is 14.1. The van der Waals surface area contributed by atoms with Crippen LogP contribution in [0, 0.1) is 3.57 Å². The van der Waals surface area contributed by atoms with Gasteiger partial charge in [0, 0.05) is 44.8 Å². The second-order valence-electron chi connectivity index (χ2n) is 9.57. The Labute approximate surface area is 248 Å². The molecule has 4 N–H and O–H groups in total. The van der Waals surface area contributed by atoms with Crippen molar-refractivity contribution in [1.29, 1.82) is 0 Å². The number of anilines is 2. The first-order valence-corrected chi connectivity index (χ1v) is 13.8. The minimum Gasteiger partial charge on any atom is -0.465 e. The number of nitrogens with zero attached hydrogens (tertiary/aromatic N) is 1. The zero-order valence-corrected chi connectivity index (χ0v) is 23.9. The Morgan fingerprint density at radius 3 is 2.52 bits per heavy atom. The second-order valence-corrected chi connectivity index (χ2v) is 11.3. The number of likely N-dealkylation sites (tertiary alicyclic amines) is 1. The number of ether oxygens (including phenoxy) is 1. The summed E-state index contributed by atoms with van der Waals surface area (Å²) >= 11 is 8.44. The monoisotopic (exact) mass is 674 g/mol. The van der Waals surface area contributed by atoms with E-state index < -0.39 is 29.7 Å². The van der Waals surface area contributed by atoms with Gasteiger partial charge in [0.15, 0.2) is 5.60 Å². The average molecular weight is 675 g/mol. The Bertz CT molecular complexity index is 1480. The predicted molar refractivity (Wildman–Crippen MR) is 157 cm³/mol. The van der Waals surface area contributed by atoms with Crippen LogP contribution in [0.4, 0.5) is 21.0 Å². The van der Waals surface area contributed by atoms with Gasteiger partial charge in [0.1, 0.15) is 6.04 Å². The van der Waals surface area contributed by atoms with Gasteiger partial charge in [-0.15, -0.1) is 0 Å². The van der Waals surface area contributed by atoms with Crippen LogP contribution >= 0.6 is 34.2 Å². The number of rotatable bonds is 6. The van der Waals surface area contributed by atoms with E-state index in [-0.39, 0.29) is 24.4 Å². The zero-order valence-electron chi connectivity index (χ0n) is 20.9. The number of carboxylic acid groups (broad SMARTS) is 1. The summed E-state index contributed by atoms with van der Waals surface area (Å²) in [7, 11) is 0. The number of hydrogen-bond donors (Lipinski definition) is 4. The minimum absolute atomic E-state index is 0.112. The van der Waals surface area contributed by atoms with E-state index in [2.05, 4.69) is 38.5 Å². The highest BCUT2D eigenvalue weighted by atomic mass is 127. The summed E-state index contributed by atoms with van der Waals surface area (Å²) in [5.41, 5.74) is 1.67. The molecule has 5 rings (SSSR count). The number of fused-ring (bicyclic) bond motifs is 2. The Kier molecular flexibility index (Phi) is 7.86. The maximum Gasteiger partial charge on any atom is 0.412 e. The van der Waals surface area contributed by atoms with Crippen molar-refractivity contribution in [3.63, 3.8) is 0 Å². The molecule has 3 aromatic rings. The molecule has 12 heteroatoms. The molecule has 0 unspecified atom stereocenters. The van der Waals surface area contributed by atoms with Crippen molar-refractivity contribution < 1.29 is 29.0 Å². The summed E-state index contributed by atoms with van der Waals surface area (Å²) in [6, 6.07) is 17.8. The van der Waals surface area contributed by atoms with Crippen molar-refractivity contribution in [2.75, 3.05) is 23.7 Å². The van der Waals surface area contributed by atoms with Crippen molar-refractivity contribution >= 4 is 69.6 Å². The molecule has 206 valence electrons. The van der Waals surface area contributed by atoms with Crippen LogP contribution in [0.3, 0.4) is 0 Å². The fraction of sp³-hybridized carbons (Fsp3) is 0.214. The lowest BCUT2D eigenvalue weighted by molar-refractivity contribution is -0.133. The molecule has 2 aliphatic rings. The van der Waals surface area contributed by atoms with E-state index >= 15 is 0 Å². The molecule has 0 saturated carbocycles. The minimum atomic E-state index is -1.21. The van der Waals surface area contributed by atoms with Gasteiger partial charge in [-0.3, -0.25) is 20.2 Å². The quantitative estimate of drug-likeness (QED) is 0.270. The van der Waals surface area contributed by atoms with Crippen molar-refractivity contribution in [1.82, 2.24) is 10.2 Å². The number of carbonyl (C=O) groups is 4. The fourth-order valence-corrected chi connectivity index (χ4v) is 5.52. The van der Waals surface area contributed by atoms with Crippen molar-refractivity contribution in [2.45, 2.75) is 24.5 Å². The molecular formula is C28H24ClIN4O6. The van der Waals surface area contributed by atoms with Gasteiger partial charge in [-0.1, -0.05) is 23.7 Å². The van der Waals surface area contributed by atoms with Gasteiger partial charge >= 0.3 is 12.2 Å². The molecule has 2 heterocycles. The molecular weight excluding hydrogens is 651 g/mol. The number of amides is 4. The number of hydrogen-bond acceptors (Lipinski definition) is 5. The highest BCUT2D eigenvalue weighted by Gasteiger charge is 2.49. The molecule has 3 aromatic carbocycles. The summed E-state index contributed by atoms with van der Waals surface area (Å²) in [5.74, 6) is -0.795. The van der Waals surface area contributed by atoms with Crippen LogP contribution in [0.25, 0.3) is 0 Å². The summed E-state index contributed by atoms with van der Waals surface area (Å²) in [6.07, 6.45) is -1.20. The second kappa shape index (κ2) is 11.3. The summed E-state index contributed by atoms with van der Waals surface area (Å²) in [6.45, 7) is 0.424. The highest BCUT2D eigenvalue weighted by Crippen LogP contribution is 2.43. The maximum atomic E-state index is 13.9. The standard InChI is InChI=1S/C28H24ClIN4O6/c29-18-5-10-22-21(14-18)28(40-27(39)33-22)11-12-34(15-28)25(36)23(13-16-1-6-19(30)7-2-16)32-24(35)17-3-8-20(9-4-17)31-26(37)38/h1-10,14,23,31H,11-13,15H2,(H,32,35)(H,33,39)(H,37,38)/t23-,28-/m0/s1. The molecule has 0 aromatic heterocycles. The summed E-state index contributed by atoms with van der Waals surface area (Å²) < 4.78 is 6.80. The SMILES string of the molecule is O=C(O)Nc1ccc(C(=O)N[C@@H](Cc2ccc(I)cc2)C(=O)N2CC[C@@]3(C2)OC(=O)Nc2ccc(Cl)cc23)cc1. The number of nitrogens with one attached hydrogen (secondary N) is 3. The average Bonchev–Trinajstić information content (AvgIpc) is 3.33. The largest absolute Gasteiger partial charge is 0.465 e. The van der Waals surface area contributed by atoms with Crippen molar-refractivity contribution in [3.8, 4) is 0 Å². The molecule has 4 amide bonds. The fourth-order valence-electron chi connectivity index (χ4n) is 4.99. The molecule has 1 spiro atoms. The molecule has 2 aliphatic heterocycles. The van der Waals surface area contributed by atoms with E-state index in [9.17, 15) is 19.2 Å². The van der Waals surface area contributed by atoms with Crippen LogP contribution < -0.4 is 16.0 Å². The third-order valence-electron chi connectivity index (χ3n) is 6.90. The normalized spacial score (nSPS) is 18.4. The van der Waals surface area contributed by atoms with E-state index in [0.29, 0.717) is 34.9 Å². The summed E-state index contributed by atoms with van der Waals surface area (Å²) in [5, 5.41) is 17.1. The Morgan fingerprint density at radius 1 is 1.10 bits per heavy atom. The van der Waals surface area contributed by atoms with Crippen LogP contribution in [-0.2, 0) is 21.6 Å². The Morgan fingerprint density at radius 2 is 1.82 bits per heavy atom. The predicted octanol–water partition coefficient (Wildman–Crippen LogP) is 5.07. The number of carbonyl (C=O) groups excluding carboxylic acids is 3. The van der Waals surface area contributed by atoms with Crippen LogP contribution in [0.15, 0.2) is 66.7 Å². The first kappa shape index (κ1) is 27.7.